The number of aryl methyl sites for hydroxylation is 1. The number of hydrogen-bond acceptors (Lipinski definition) is 1. The number of carbonyl (C=O) groups is 1. The van der Waals surface area contributed by atoms with Crippen molar-refractivity contribution in [2.45, 2.75) is 26.2 Å². The van der Waals surface area contributed by atoms with Crippen molar-refractivity contribution in [3.05, 3.63) is 23.5 Å². The molecule has 0 saturated heterocycles. The highest BCUT2D eigenvalue weighted by atomic mass is 16.1. The third-order valence-corrected chi connectivity index (χ3v) is 1.71. The van der Waals surface area contributed by atoms with E-state index in [-0.39, 0.29) is 0 Å². The second-order valence-corrected chi connectivity index (χ2v) is 2.68. The lowest BCUT2D eigenvalue weighted by Gasteiger charge is -1.90. The lowest BCUT2D eigenvalue weighted by atomic mass is 10.1. The highest BCUT2D eigenvalue weighted by molar-refractivity contribution is 5.72. The molecule has 0 radical (unpaired) electrons. The van der Waals surface area contributed by atoms with Crippen LogP contribution in [0.2, 0.25) is 0 Å². The van der Waals surface area contributed by atoms with Crippen LogP contribution in [0.1, 0.15) is 35.8 Å². The van der Waals surface area contributed by atoms with Crippen LogP contribution in [0, 0.1) is 0 Å². The van der Waals surface area contributed by atoms with Gasteiger partial charge in [0, 0.05) is 6.20 Å². The summed E-state index contributed by atoms with van der Waals surface area (Å²) in [6.07, 6.45) is 6.20. The van der Waals surface area contributed by atoms with Crippen molar-refractivity contribution in [1.82, 2.24) is 4.98 Å². The van der Waals surface area contributed by atoms with Crippen molar-refractivity contribution in [3.63, 3.8) is 0 Å². The number of carbonyl (C=O) groups excluding carboxylic acids is 1. The molecule has 2 heteroatoms. The average Bonchev–Trinajstić information content (AvgIpc) is 2.48. The van der Waals surface area contributed by atoms with Crippen LogP contribution in [0.4, 0.5) is 0 Å². The maximum Gasteiger partial charge on any atom is 0.166 e. The molecule has 0 saturated carbocycles. The third-order valence-electron chi connectivity index (χ3n) is 1.71. The van der Waals surface area contributed by atoms with Crippen LogP contribution in [-0.2, 0) is 6.42 Å². The molecule has 0 amide bonds. The van der Waals surface area contributed by atoms with Gasteiger partial charge in [0.2, 0.25) is 0 Å². The fraction of sp³-hybridized carbons (Fsp3) is 0.444. The molecule has 1 aromatic rings. The molecule has 1 aromatic heterocycles. The quantitative estimate of drug-likeness (QED) is 0.657. The SMILES string of the molecule is CCCCc1c[nH]c(C=O)c1. The first kappa shape index (κ1) is 8.05. The summed E-state index contributed by atoms with van der Waals surface area (Å²) >= 11 is 0. The lowest BCUT2D eigenvalue weighted by Crippen LogP contribution is -1.79. The number of unbranched alkanes of at least 4 members (excludes halogenated alkanes) is 1. The summed E-state index contributed by atoms with van der Waals surface area (Å²) in [5.41, 5.74) is 1.91. The van der Waals surface area contributed by atoms with E-state index >= 15 is 0 Å². The van der Waals surface area contributed by atoms with E-state index < -0.39 is 0 Å². The molecule has 0 atom stereocenters. The molecular formula is C9H13NO. The van der Waals surface area contributed by atoms with Crippen LogP contribution in [-0.4, -0.2) is 11.3 Å². The zero-order chi connectivity index (χ0) is 8.10. The zero-order valence-corrected chi connectivity index (χ0v) is 6.76. The van der Waals surface area contributed by atoms with Gasteiger partial charge in [-0.05, 0) is 24.5 Å². The van der Waals surface area contributed by atoms with E-state index in [2.05, 4.69) is 11.9 Å². The molecule has 1 heterocycles. The number of H-pyrrole nitrogens is 1. The second-order valence-electron chi connectivity index (χ2n) is 2.68. The largest absolute Gasteiger partial charge is 0.359 e. The Balaban J connectivity index is 2.51. The Kier molecular flexibility index (Phi) is 2.90. The van der Waals surface area contributed by atoms with Gasteiger partial charge in [0.25, 0.3) is 0 Å². The molecule has 1 rings (SSSR count). The first-order chi connectivity index (χ1) is 5.36. The summed E-state index contributed by atoms with van der Waals surface area (Å²) in [5, 5.41) is 0. The molecule has 0 aliphatic rings. The summed E-state index contributed by atoms with van der Waals surface area (Å²) < 4.78 is 0. The van der Waals surface area contributed by atoms with Gasteiger partial charge in [-0.25, -0.2) is 0 Å². The van der Waals surface area contributed by atoms with Gasteiger partial charge in [0.1, 0.15) is 0 Å². The maximum atomic E-state index is 10.3. The molecule has 0 spiro atoms. The van der Waals surface area contributed by atoms with E-state index in [1.54, 1.807) is 0 Å². The van der Waals surface area contributed by atoms with Gasteiger partial charge in [-0.2, -0.15) is 0 Å². The Morgan fingerprint density at radius 3 is 3.00 bits per heavy atom. The molecule has 0 bridgehead atoms. The van der Waals surface area contributed by atoms with Crippen LogP contribution in [0.3, 0.4) is 0 Å². The van der Waals surface area contributed by atoms with Crippen molar-refractivity contribution in [3.8, 4) is 0 Å². The summed E-state index contributed by atoms with van der Waals surface area (Å²) in [6, 6.07) is 1.91. The highest BCUT2D eigenvalue weighted by Crippen LogP contribution is 2.05. The van der Waals surface area contributed by atoms with Gasteiger partial charge >= 0.3 is 0 Å². The van der Waals surface area contributed by atoms with E-state index in [9.17, 15) is 4.79 Å². The smallest absolute Gasteiger partial charge is 0.166 e. The minimum atomic E-state index is 0.677. The van der Waals surface area contributed by atoms with E-state index in [4.69, 9.17) is 0 Å². The number of hydrogen-bond donors (Lipinski definition) is 1. The monoisotopic (exact) mass is 151 g/mol. The van der Waals surface area contributed by atoms with Gasteiger partial charge in [-0.3, -0.25) is 4.79 Å². The standard InChI is InChI=1S/C9H13NO/c1-2-3-4-8-5-9(7-11)10-6-8/h5-7,10H,2-4H2,1H3. The third kappa shape index (κ3) is 2.22. The number of aromatic nitrogens is 1. The number of aldehydes is 1. The van der Waals surface area contributed by atoms with Gasteiger partial charge < -0.3 is 4.98 Å². The Bertz CT molecular complexity index is 227. The van der Waals surface area contributed by atoms with Crippen molar-refractivity contribution >= 4 is 6.29 Å². The van der Waals surface area contributed by atoms with E-state index in [0.717, 1.165) is 12.7 Å². The minimum absolute atomic E-state index is 0.677. The van der Waals surface area contributed by atoms with Gasteiger partial charge in [-0.1, -0.05) is 13.3 Å². The maximum absolute atomic E-state index is 10.3. The van der Waals surface area contributed by atoms with Crippen molar-refractivity contribution in [1.29, 1.82) is 0 Å². The van der Waals surface area contributed by atoms with E-state index in [0.29, 0.717) is 5.69 Å². The predicted molar refractivity (Wildman–Crippen MR) is 44.8 cm³/mol. The lowest BCUT2D eigenvalue weighted by molar-refractivity contribution is 0.111. The molecule has 60 valence electrons. The number of aromatic amines is 1. The van der Waals surface area contributed by atoms with Gasteiger partial charge in [0.05, 0.1) is 5.69 Å². The van der Waals surface area contributed by atoms with Crippen LogP contribution >= 0.6 is 0 Å². The van der Waals surface area contributed by atoms with Crippen LogP contribution < -0.4 is 0 Å². The van der Waals surface area contributed by atoms with Gasteiger partial charge in [-0.15, -0.1) is 0 Å². The zero-order valence-electron chi connectivity index (χ0n) is 6.76. The van der Waals surface area contributed by atoms with Crippen LogP contribution in [0.25, 0.3) is 0 Å². The van der Waals surface area contributed by atoms with E-state index in [1.165, 1.54) is 18.4 Å². The Hall–Kier alpha value is -1.05. The second kappa shape index (κ2) is 3.96. The first-order valence-electron chi connectivity index (χ1n) is 3.99. The minimum Gasteiger partial charge on any atom is -0.359 e. The number of nitrogens with one attached hydrogen (secondary N) is 1. The Morgan fingerprint density at radius 1 is 1.64 bits per heavy atom. The summed E-state index contributed by atoms with van der Waals surface area (Å²) in [6.45, 7) is 2.16. The fourth-order valence-electron chi connectivity index (χ4n) is 1.05. The Morgan fingerprint density at radius 2 is 2.45 bits per heavy atom. The predicted octanol–water partition coefficient (Wildman–Crippen LogP) is 2.17. The molecule has 0 aliphatic heterocycles. The van der Waals surface area contributed by atoms with E-state index in [1.807, 2.05) is 12.3 Å². The van der Waals surface area contributed by atoms with Crippen molar-refractivity contribution in [2.75, 3.05) is 0 Å². The number of rotatable bonds is 4. The first-order valence-corrected chi connectivity index (χ1v) is 3.99. The molecule has 1 N–H and O–H groups in total. The van der Waals surface area contributed by atoms with Gasteiger partial charge in [0.15, 0.2) is 6.29 Å². The molecular weight excluding hydrogens is 138 g/mol. The molecule has 0 unspecified atom stereocenters. The highest BCUT2D eigenvalue weighted by Gasteiger charge is 1.95. The van der Waals surface area contributed by atoms with Crippen molar-refractivity contribution in [2.24, 2.45) is 0 Å². The Labute approximate surface area is 66.6 Å². The molecule has 11 heavy (non-hydrogen) atoms. The summed E-state index contributed by atoms with van der Waals surface area (Å²) in [5.74, 6) is 0. The molecule has 0 aromatic carbocycles. The molecule has 0 fully saturated rings. The molecule has 2 nitrogen and oxygen atoms in total. The normalized spacial score (nSPS) is 9.91. The van der Waals surface area contributed by atoms with Crippen LogP contribution in [0.15, 0.2) is 12.3 Å². The average molecular weight is 151 g/mol. The topological polar surface area (TPSA) is 32.9 Å². The van der Waals surface area contributed by atoms with Crippen molar-refractivity contribution < 1.29 is 4.79 Å². The summed E-state index contributed by atoms with van der Waals surface area (Å²) in [7, 11) is 0. The summed E-state index contributed by atoms with van der Waals surface area (Å²) in [4.78, 5) is 13.2. The van der Waals surface area contributed by atoms with Crippen LogP contribution in [0.5, 0.6) is 0 Å². The molecule has 0 aliphatic carbocycles. The fourth-order valence-corrected chi connectivity index (χ4v) is 1.05.